The number of ether oxygens (including phenoxy) is 1. The van der Waals surface area contributed by atoms with Crippen molar-refractivity contribution in [2.24, 2.45) is 0 Å². The molecule has 1 aromatic heterocycles. The minimum Gasteiger partial charge on any atom is -0.379 e. The summed E-state index contributed by atoms with van der Waals surface area (Å²) in [6, 6.07) is 15.0. The fourth-order valence-electron chi connectivity index (χ4n) is 2.50. The van der Waals surface area contributed by atoms with E-state index < -0.39 is 0 Å². The number of benzene rings is 1. The first-order chi connectivity index (χ1) is 10.4. The van der Waals surface area contributed by atoms with Gasteiger partial charge in [0.15, 0.2) is 0 Å². The monoisotopic (exact) mass is 302 g/mol. The molecule has 21 heavy (non-hydrogen) atoms. The number of hydrogen-bond donors (Lipinski definition) is 1. The van der Waals surface area contributed by atoms with E-state index >= 15 is 0 Å². The zero-order valence-electron chi connectivity index (χ0n) is 12.3. The van der Waals surface area contributed by atoms with Crippen LogP contribution in [0, 0.1) is 0 Å². The summed E-state index contributed by atoms with van der Waals surface area (Å²) in [4.78, 5) is 5.21. The quantitative estimate of drug-likeness (QED) is 0.831. The Balaban J connectivity index is 1.42. The molecule has 1 aliphatic heterocycles. The normalized spacial score (nSPS) is 16.2. The zero-order chi connectivity index (χ0) is 14.3. The third-order valence-corrected chi connectivity index (χ3v) is 4.86. The minimum atomic E-state index is 0.880. The van der Waals surface area contributed by atoms with Gasteiger partial charge in [0.05, 0.1) is 13.2 Å². The lowest BCUT2D eigenvalue weighted by molar-refractivity contribution is 0.0384. The molecule has 0 unspecified atom stereocenters. The summed E-state index contributed by atoms with van der Waals surface area (Å²) in [5, 5.41) is 3.54. The molecule has 0 saturated carbocycles. The van der Waals surface area contributed by atoms with Gasteiger partial charge in [-0.2, -0.15) is 0 Å². The number of nitrogens with one attached hydrogen (secondary N) is 1. The van der Waals surface area contributed by atoms with Gasteiger partial charge in [-0.1, -0.05) is 30.3 Å². The van der Waals surface area contributed by atoms with Crippen molar-refractivity contribution < 1.29 is 4.74 Å². The molecular weight excluding hydrogens is 280 g/mol. The van der Waals surface area contributed by atoms with Crippen LogP contribution in [-0.4, -0.2) is 44.3 Å². The third kappa shape index (κ3) is 4.38. The molecule has 0 aliphatic carbocycles. The lowest BCUT2D eigenvalue weighted by Crippen LogP contribution is -2.40. The lowest BCUT2D eigenvalue weighted by atomic mass is 10.2. The SMILES string of the molecule is c1ccc(-c2ccc(CNCCN3CCOCC3)s2)cc1. The summed E-state index contributed by atoms with van der Waals surface area (Å²) >= 11 is 1.88. The van der Waals surface area contributed by atoms with Crippen LogP contribution in [0.1, 0.15) is 4.88 Å². The van der Waals surface area contributed by atoms with Crippen molar-refractivity contribution in [2.45, 2.75) is 6.54 Å². The van der Waals surface area contributed by atoms with Gasteiger partial charge in [0, 0.05) is 42.5 Å². The molecule has 1 fully saturated rings. The second-order valence-electron chi connectivity index (χ2n) is 5.26. The molecule has 112 valence electrons. The van der Waals surface area contributed by atoms with Gasteiger partial charge in [0.1, 0.15) is 0 Å². The fraction of sp³-hybridized carbons (Fsp3) is 0.412. The summed E-state index contributed by atoms with van der Waals surface area (Å²) in [5.74, 6) is 0. The van der Waals surface area contributed by atoms with Crippen molar-refractivity contribution >= 4 is 11.3 Å². The Labute approximate surface area is 130 Å². The topological polar surface area (TPSA) is 24.5 Å². The Hall–Kier alpha value is -1.20. The molecule has 0 spiro atoms. The molecule has 1 aromatic carbocycles. The van der Waals surface area contributed by atoms with E-state index in [1.165, 1.54) is 15.3 Å². The first-order valence-electron chi connectivity index (χ1n) is 7.57. The van der Waals surface area contributed by atoms with E-state index in [9.17, 15) is 0 Å². The van der Waals surface area contributed by atoms with Gasteiger partial charge in [0.25, 0.3) is 0 Å². The Morgan fingerprint density at radius 1 is 1.05 bits per heavy atom. The Kier molecular flexibility index (Phi) is 5.40. The van der Waals surface area contributed by atoms with Gasteiger partial charge in [-0.15, -0.1) is 11.3 Å². The van der Waals surface area contributed by atoms with Gasteiger partial charge in [-0.05, 0) is 17.7 Å². The molecule has 4 heteroatoms. The predicted molar refractivity (Wildman–Crippen MR) is 88.7 cm³/mol. The summed E-state index contributed by atoms with van der Waals surface area (Å²) in [6.07, 6.45) is 0. The lowest BCUT2D eigenvalue weighted by Gasteiger charge is -2.26. The fourth-order valence-corrected chi connectivity index (χ4v) is 3.49. The van der Waals surface area contributed by atoms with Crippen LogP contribution < -0.4 is 5.32 Å². The third-order valence-electron chi connectivity index (χ3n) is 3.73. The van der Waals surface area contributed by atoms with Crippen LogP contribution in [-0.2, 0) is 11.3 Å². The van der Waals surface area contributed by atoms with Crippen molar-refractivity contribution in [1.29, 1.82) is 0 Å². The number of morpholine rings is 1. The van der Waals surface area contributed by atoms with Crippen LogP contribution in [0.15, 0.2) is 42.5 Å². The maximum Gasteiger partial charge on any atom is 0.0594 e. The van der Waals surface area contributed by atoms with Gasteiger partial charge >= 0.3 is 0 Å². The Morgan fingerprint density at radius 3 is 2.67 bits per heavy atom. The highest BCUT2D eigenvalue weighted by Crippen LogP contribution is 2.27. The van der Waals surface area contributed by atoms with E-state index in [0.717, 1.165) is 45.9 Å². The maximum absolute atomic E-state index is 5.36. The highest BCUT2D eigenvalue weighted by molar-refractivity contribution is 7.15. The standard InChI is InChI=1S/C17H22N2OS/c1-2-4-15(5-3-1)17-7-6-16(21-17)14-18-8-9-19-10-12-20-13-11-19/h1-7,18H,8-14H2. The maximum atomic E-state index is 5.36. The summed E-state index contributed by atoms with van der Waals surface area (Å²) < 4.78 is 5.36. The highest BCUT2D eigenvalue weighted by atomic mass is 32.1. The average Bonchev–Trinajstić information content (AvgIpc) is 3.02. The van der Waals surface area contributed by atoms with Crippen LogP contribution in [0.3, 0.4) is 0 Å². The molecule has 3 nitrogen and oxygen atoms in total. The molecule has 0 radical (unpaired) electrons. The molecule has 0 bridgehead atoms. The largest absolute Gasteiger partial charge is 0.379 e. The number of thiophene rings is 1. The van der Waals surface area contributed by atoms with Crippen LogP contribution >= 0.6 is 11.3 Å². The first-order valence-corrected chi connectivity index (χ1v) is 8.38. The summed E-state index contributed by atoms with van der Waals surface area (Å²) in [6.45, 7) is 7.01. The van der Waals surface area contributed by atoms with E-state index in [-0.39, 0.29) is 0 Å². The van der Waals surface area contributed by atoms with E-state index in [0.29, 0.717) is 0 Å². The summed E-state index contributed by atoms with van der Waals surface area (Å²) in [5.41, 5.74) is 1.31. The molecule has 1 N–H and O–H groups in total. The number of hydrogen-bond acceptors (Lipinski definition) is 4. The van der Waals surface area contributed by atoms with Crippen molar-refractivity contribution in [3.8, 4) is 10.4 Å². The molecule has 1 saturated heterocycles. The first kappa shape index (κ1) is 14.7. The Bertz CT molecular complexity index is 535. The highest BCUT2D eigenvalue weighted by Gasteiger charge is 2.09. The van der Waals surface area contributed by atoms with Crippen LogP contribution in [0.5, 0.6) is 0 Å². The van der Waals surface area contributed by atoms with Crippen LogP contribution in [0.4, 0.5) is 0 Å². The van der Waals surface area contributed by atoms with Crippen molar-refractivity contribution in [1.82, 2.24) is 10.2 Å². The molecule has 0 amide bonds. The Morgan fingerprint density at radius 2 is 1.86 bits per heavy atom. The molecule has 0 atom stereocenters. The van der Waals surface area contributed by atoms with Gasteiger partial charge in [0.2, 0.25) is 0 Å². The van der Waals surface area contributed by atoms with E-state index in [1.54, 1.807) is 0 Å². The molecule has 2 aromatic rings. The van der Waals surface area contributed by atoms with Crippen LogP contribution in [0.25, 0.3) is 10.4 Å². The summed E-state index contributed by atoms with van der Waals surface area (Å²) in [7, 11) is 0. The smallest absolute Gasteiger partial charge is 0.0594 e. The molecule has 2 heterocycles. The molecular formula is C17H22N2OS. The van der Waals surface area contributed by atoms with Crippen LogP contribution in [0.2, 0.25) is 0 Å². The number of nitrogens with zero attached hydrogens (tertiary/aromatic N) is 1. The second-order valence-corrected chi connectivity index (χ2v) is 6.43. The van der Waals surface area contributed by atoms with Crippen molar-refractivity contribution in [2.75, 3.05) is 39.4 Å². The van der Waals surface area contributed by atoms with Crippen molar-refractivity contribution in [3.05, 3.63) is 47.3 Å². The van der Waals surface area contributed by atoms with Gasteiger partial charge in [-0.25, -0.2) is 0 Å². The molecule has 1 aliphatic rings. The van der Waals surface area contributed by atoms with Crippen molar-refractivity contribution in [3.63, 3.8) is 0 Å². The predicted octanol–water partition coefficient (Wildman–Crippen LogP) is 2.84. The van der Waals surface area contributed by atoms with E-state index in [2.05, 4.69) is 52.7 Å². The van der Waals surface area contributed by atoms with Gasteiger partial charge < -0.3 is 10.1 Å². The van der Waals surface area contributed by atoms with Gasteiger partial charge in [-0.3, -0.25) is 4.90 Å². The van der Waals surface area contributed by atoms with E-state index in [1.807, 2.05) is 11.3 Å². The molecule has 3 rings (SSSR count). The second kappa shape index (κ2) is 7.71. The average molecular weight is 302 g/mol. The zero-order valence-corrected chi connectivity index (χ0v) is 13.1. The minimum absolute atomic E-state index is 0.880. The van der Waals surface area contributed by atoms with E-state index in [4.69, 9.17) is 4.74 Å². The number of rotatable bonds is 6.